The number of nitro benzene ring substituents is 1. The molecule has 0 N–H and O–H groups in total. The van der Waals surface area contributed by atoms with E-state index in [9.17, 15) is 10.1 Å². The lowest BCUT2D eigenvalue weighted by atomic mass is 9.83. The van der Waals surface area contributed by atoms with Crippen LogP contribution in [0.4, 0.5) is 5.69 Å². The van der Waals surface area contributed by atoms with Crippen molar-refractivity contribution < 1.29 is 14.4 Å². The summed E-state index contributed by atoms with van der Waals surface area (Å²) >= 11 is 0. The quantitative estimate of drug-likeness (QED) is 0.137. The van der Waals surface area contributed by atoms with E-state index in [0.29, 0.717) is 12.5 Å². The van der Waals surface area contributed by atoms with Crippen LogP contribution >= 0.6 is 0 Å². The fourth-order valence-corrected chi connectivity index (χ4v) is 4.20. The fraction of sp³-hybridized carbons (Fsp3) is 0.219. The van der Waals surface area contributed by atoms with E-state index >= 15 is 0 Å². The molecule has 6 nitrogen and oxygen atoms in total. The number of non-ortho nitro benzene ring substituents is 1. The highest BCUT2D eigenvalue weighted by Gasteiger charge is 2.22. The lowest BCUT2D eigenvalue weighted by Crippen LogP contribution is -2.12. The number of hydrogen-bond acceptors (Lipinski definition) is 5. The molecule has 0 aliphatic rings. The molecule has 0 saturated heterocycles. The molecule has 0 aliphatic carbocycles. The number of allylic oxidation sites excluding steroid dienone is 1. The minimum atomic E-state index is -0.390. The third-order valence-electron chi connectivity index (χ3n) is 6.37. The first kappa shape index (κ1) is 26.6. The normalized spacial score (nSPS) is 11.8. The van der Waals surface area contributed by atoms with Gasteiger partial charge in [-0.3, -0.25) is 10.1 Å². The third-order valence-corrected chi connectivity index (χ3v) is 6.37. The zero-order valence-corrected chi connectivity index (χ0v) is 22.4. The summed E-state index contributed by atoms with van der Waals surface area (Å²) in [5.41, 5.74) is 6.61. The molecular formula is C32H32N2O4. The zero-order chi connectivity index (χ0) is 27.3. The van der Waals surface area contributed by atoms with Crippen molar-refractivity contribution in [2.45, 2.75) is 39.7 Å². The molecule has 0 spiro atoms. The Balaban J connectivity index is 1.92. The summed E-state index contributed by atoms with van der Waals surface area (Å²) in [6.45, 7) is 8.91. The van der Waals surface area contributed by atoms with Crippen LogP contribution in [0.5, 0.6) is 11.6 Å². The van der Waals surface area contributed by atoms with E-state index in [4.69, 9.17) is 9.47 Å². The largest absolute Gasteiger partial charge is 0.488 e. The second-order valence-electron chi connectivity index (χ2n) is 10.2. The van der Waals surface area contributed by atoms with Gasteiger partial charge in [0.05, 0.1) is 12.0 Å². The van der Waals surface area contributed by atoms with Crippen molar-refractivity contribution in [3.05, 3.63) is 117 Å². The predicted molar refractivity (Wildman–Crippen MR) is 152 cm³/mol. The Labute approximate surface area is 223 Å². The Hall–Kier alpha value is -4.45. The second kappa shape index (κ2) is 11.3. The highest BCUT2D eigenvalue weighted by molar-refractivity contribution is 5.87. The monoisotopic (exact) mass is 508 g/mol. The van der Waals surface area contributed by atoms with Crippen LogP contribution in [0.25, 0.3) is 22.8 Å². The average Bonchev–Trinajstić information content (AvgIpc) is 2.92. The van der Waals surface area contributed by atoms with E-state index in [0.717, 1.165) is 44.7 Å². The van der Waals surface area contributed by atoms with Crippen molar-refractivity contribution in [3.63, 3.8) is 0 Å². The van der Waals surface area contributed by atoms with Gasteiger partial charge in [-0.1, -0.05) is 51.1 Å². The number of nitrogens with zero attached hydrogens (tertiary/aromatic N) is 2. The molecule has 1 heterocycles. The molecule has 0 radical (unpaired) electrons. The Morgan fingerprint density at radius 2 is 1.68 bits per heavy atom. The number of ether oxygens (including phenoxy) is 2. The van der Waals surface area contributed by atoms with Crippen molar-refractivity contribution >= 4 is 17.3 Å². The van der Waals surface area contributed by atoms with Gasteiger partial charge in [-0.15, -0.1) is 0 Å². The first-order chi connectivity index (χ1) is 18.2. The maximum atomic E-state index is 11.1. The summed E-state index contributed by atoms with van der Waals surface area (Å²) < 4.78 is 12.2. The lowest BCUT2D eigenvalue weighted by molar-refractivity contribution is -0.384. The maximum Gasteiger partial charge on any atom is 0.269 e. The van der Waals surface area contributed by atoms with Crippen molar-refractivity contribution in [1.82, 2.24) is 4.98 Å². The topological polar surface area (TPSA) is 74.5 Å². The van der Waals surface area contributed by atoms with Crippen LogP contribution < -0.4 is 9.47 Å². The van der Waals surface area contributed by atoms with Crippen molar-refractivity contribution in [1.29, 1.82) is 0 Å². The van der Waals surface area contributed by atoms with E-state index in [2.05, 4.69) is 44.0 Å². The molecule has 194 valence electrons. The van der Waals surface area contributed by atoms with Crippen molar-refractivity contribution in [3.8, 4) is 22.8 Å². The molecule has 0 bridgehead atoms. The number of methoxy groups -OCH3 is 1. The number of aromatic nitrogens is 1. The smallest absolute Gasteiger partial charge is 0.269 e. The Bertz CT molecular complexity index is 1450. The molecule has 3 aromatic carbocycles. The van der Waals surface area contributed by atoms with Gasteiger partial charge in [0.1, 0.15) is 12.4 Å². The van der Waals surface area contributed by atoms with Crippen LogP contribution in [-0.4, -0.2) is 17.0 Å². The number of nitro groups is 1. The highest BCUT2D eigenvalue weighted by atomic mass is 16.6. The van der Waals surface area contributed by atoms with Gasteiger partial charge < -0.3 is 9.47 Å². The number of benzene rings is 3. The number of pyridine rings is 1. The standard InChI is InChI=1S/C32H32N2O4/c1-22(24-13-15-27(16-14-24)34(35)36)18-25-19-26(32(2,3)4)20-29(28-12-9-17-33-31(28)37-5)30(25)38-21-23-10-7-6-8-11-23/h6-20H,21H2,1-5H3. The van der Waals surface area contributed by atoms with E-state index in [1.807, 2.05) is 49.4 Å². The van der Waals surface area contributed by atoms with Crippen LogP contribution in [0.15, 0.2) is 85.1 Å². The van der Waals surface area contributed by atoms with Gasteiger partial charge in [-0.05, 0) is 77.1 Å². The minimum absolute atomic E-state index is 0.0640. The molecule has 0 aliphatic heterocycles. The average molecular weight is 509 g/mol. The van der Waals surface area contributed by atoms with Gasteiger partial charge in [0.2, 0.25) is 5.88 Å². The molecule has 0 unspecified atom stereocenters. The summed E-state index contributed by atoms with van der Waals surface area (Å²) in [6.07, 6.45) is 3.78. The van der Waals surface area contributed by atoms with Gasteiger partial charge in [0.15, 0.2) is 0 Å². The molecule has 4 rings (SSSR count). The zero-order valence-electron chi connectivity index (χ0n) is 22.4. The molecule has 0 fully saturated rings. The van der Waals surface area contributed by atoms with Crippen LogP contribution in [-0.2, 0) is 12.0 Å². The van der Waals surface area contributed by atoms with E-state index in [-0.39, 0.29) is 11.1 Å². The van der Waals surface area contributed by atoms with E-state index in [1.54, 1.807) is 25.4 Å². The molecular weight excluding hydrogens is 476 g/mol. The van der Waals surface area contributed by atoms with Crippen LogP contribution in [0.1, 0.15) is 49.9 Å². The van der Waals surface area contributed by atoms with Gasteiger partial charge in [-0.2, -0.15) is 0 Å². The van der Waals surface area contributed by atoms with E-state index < -0.39 is 4.92 Å². The SMILES string of the molecule is COc1ncccc1-c1cc(C(C)(C)C)cc(C=C(C)c2ccc([N+](=O)[O-])cc2)c1OCc1ccccc1. The Morgan fingerprint density at radius 1 is 0.974 bits per heavy atom. The van der Waals surface area contributed by atoms with Crippen molar-refractivity contribution in [2.75, 3.05) is 7.11 Å². The first-order valence-electron chi connectivity index (χ1n) is 12.4. The lowest BCUT2D eigenvalue weighted by Gasteiger charge is -2.24. The molecule has 0 atom stereocenters. The molecule has 1 aromatic heterocycles. The maximum absolute atomic E-state index is 11.1. The third kappa shape index (κ3) is 6.09. The molecule has 0 saturated carbocycles. The van der Waals surface area contributed by atoms with Crippen molar-refractivity contribution in [2.24, 2.45) is 0 Å². The first-order valence-corrected chi connectivity index (χ1v) is 12.4. The van der Waals surface area contributed by atoms with Gasteiger partial charge in [0, 0.05) is 35.0 Å². The minimum Gasteiger partial charge on any atom is -0.488 e. The Morgan fingerprint density at radius 3 is 2.32 bits per heavy atom. The fourth-order valence-electron chi connectivity index (χ4n) is 4.20. The number of hydrogen-bond donors (Lipinski definition) is 0. The predicted octanol–water partition coefficient (Wildman–Crippen LogP) is 8.10. The molecule has 6 heteroatoms. The summed E-state index contributed by atoms with van der Waals surface area (Å²) in [5, 5.41) is 11.1. The second-order valence-corrected chi connectivity index (χ2v) is 10.2. The highest BCUT2D eigenvalue weighted by Crippen LogP contribution is 2.42. The van der Waals surface area contributed by atoms with Crippen LogP contribution in [0, 0.1) is 10.1 Å². The van der Waals surface area contributed by atoms with E-state index in [1.165, 1.54) is 12.1 Å². The Kier molecular flexibility index (Phi) is 7.91. The molecule has 38 heavy (non-hydrogen) atoms. The summed E-state index contributed by atoms with van der Waals surface area (Å²) in [5.74, 6) is 1.24. The number of rotatable bonds is 8. The van der Waals surface area contributed by atoms with Crippen LogP contribution in [0.2, 0.25) is 0 Å². The molecule has 4 aromatic rings. The van der Waals surface area contributed by atoms with Gasteiger partial charge in [-0.25, -0.2) is 4.98 Å². The van der Waals surface area contributed by atoms with Gasteiger partial charge in [0.25, 0.3) is 5.69 Å². The summed E-state index contributed by atoms with van der Waals surface area (Å²) in [7, 11) is 1.61. The van der Waals surface area contributed by atoms with Gasteiger partial charge >= 0.3 is 0 Å². The molecule has 0 amide bonds. The summed E-state index contributed by atoms with van der Waals surface area (Å²) in [6, 6.07) is 24.8. The summed E-state index contributed by atoms with van der Waals surface area (Å²) in [4.78, 5) is 15.2. The van der Waals surface area contributed by atoms with Crippen LogP contribution in [0.3, 0.4) is 0 Å².